The second kappa shape index (κ2) is 11.2. The molecule has 0 amide bonds. The van der Waals surface area contributed by atoms with Gasteiger partial charge in [-0.25, -0.2) is 13.4 Å². The maximum Gasteiger partial charge on any atom is 0.229 e. The minimum Gasteiger partial charge on any atom is -0.495 e. The molecule has 2 aromatic carbocycles. The lowest BCUT2D eigenvalue weighted by atomic mass is 9.86. The van der Waals surface area contributed by atoms with Crippen LogP contribution >= 0.6 is 11.6 Å². The highest BCUT2D eigenvalue weighted by molar-refractivity contribution is 7.92. The number of likely N-dealkylation sites (tertiary alicyclic amines) is 1. The fraction of sp³-hybridized carbons (Fsp3) is 0.407. The Balaban J connectivity index is 1.62. The van der Waals surface area contributed by atoms with E-state index in [9.17, 15) is 8.42 Å². The van der Waals surface area contributed by atoms with Crippen LogP contribution in [0.1, 0.15) is 43.7 Å². The molecule has 0 spiro atoms. The van der Waals surface area contributed by atoms with Crippen molar-refractivity contribution in [2.45, 2.75) is 49.7 Å². The number of methoxy groups -OCH3 is 1. The van der Waals surface area contributed by atoms with Gasteiger partial charge in [0.2, 0.25) is 5.95 Å². The second-order valence-electron chi connectivity index (χ2n) is 9.72. The molecule has 1 saturated heterocycles. The maximum absolute atomic E-state index is 12.9. The molecule has 0 saturated carbocycles. The van der Waals surface area contributed by atoms with Gasteiger partial charge in [0.25, 0.3) is 0 Å². The molecule has 2 N–H and O–H groups in total. The number of sulfone groups is 1. The number of rotatable bonds is 8. The van der Waals surface area contributed by atoms with Gasteiger partial charge < -0.3 is 20.3 Å². The molecule has 0 bridgehead atoms. The van der Waals surface area contributed by atoms with Crippen LogP contribution in [0.4, 0.5) is 23.1 Å². The number of halogens is 1. The second-order valence-corrected chi connectivity index (χ2v) is 12.6. The predicted molar refractivity (Wildman–Crippen MR) is 150 cm³/mol. The van der Waals surface area contributed by atoms with Crippen LogP contribution in [0.15, 0.2) is 47.5 Å². The van der Waals surface area contributed by atoms with Gasteiger partial charge in [0.05, 0.1) is 34.8 Å². The molecule has 0 radical (unpaired) electrons. The lowest BCUT2D eigenvalue weighted by Gasteiger charge is -2.30. The van der Waals surface area contributed by atoms with Crippen molar-refractivity contribution >= 4 is 44.6 Å². The molecule has 3 aromatic rings. The molecule has 0 aliphatic carbocycles. The Labute approximate surface area is 224 Å². The molecule has 8 nitrogen and oxygen atoms in total. The summed E-state index contributed by atoms with van der Waals surface area (Å²) in [6.45, 7) is 7.59. The first-order valence-electron chi connectivity index (χ1n) is 12.4. The predicted octanol–water partition coefficient (Wildman–Crippen LogP) is 5.93. The number of nitrogens with one attached hydrogen (secondary N) is 2. The SMILES string of the molecule is COc1cc(C2CCN(C)CC2)c(C)cc1Nc1ncc(Cl)c(Nc2ccccc2S(=O)(=O)C(C)C)n1. The van der Waals surface area contributed by atoms with Crippen molar-refractivity contribution in [2.75, 3.05) is 37.9 Å². The fourth-order valence-corrected chi connectivity index (χ4v) is 5.90. The van der Waals surface area contributed by atoms with Gasteiger partial charge >= 0.3 is 0 Å². The van der Waals surface area contributed by atoms with Crippen LogP contribution in [0, 0.1) is 6.92 Å². The number of anilines is 4. The monoisotopic (exact) mass is 543 g/mol. The Morgan fingerprint density at radius 1 is 1.11 bits per heavy atom. The number of ether oxygens (including phenoxy) is 1. The van der Waals surface area contributed by atoms with Crippen LogP contribution in [-0.2, 0) is 9.84 Å². The fourth-order valence-electron chi connectivity index (χ4n) is 4.56. The smallest absolute Gasteiger partial charge is 0.229 e. The van der Waals surface area contributed by atoms with Crippen molar-refractivity contribution < 1.29 is 13.2 Å². The summed E-state index contributed by atoms with van der Waals surface area (Å²) in [7, 11) is 0.296. The molecule has 2 heterocycles. The number of hydrogen-bond acceptors (Lipinski definition) is 8. The van der Waals surface area contributed by atoms with E-state index in [1.165, 1.54) is 17.3 Å². The lowest BCUT2D eigenvalue weighted by molar-refractivity contribution is 0.255. The van der Waals surface area contributed by atoms with Gasteiger partial charge in [-0.3, -0.25) is 0 Å². The van der Waals surface area contributed by atoms with E-state index in [1.54, 1.807) is 45.2 Å². The molecular weight excluding hydrogens is 510 g/mol. The molecule has 10 heteroatoms. The molecule has 1 aliphatic rings. The average Bonchev–Trinajstić information content (AvgIpc) is 2.87. The highest BCUT2D eigenvalue weighted by atomic mass is 35.5. The average molecular weight is 544 g/mol. The number of nitrogens with zero attached hydrogens (tertiary/aromatic N) is 3. The molecule has 4 rings (SSSR count). The summed E-state index contributed by atoms with van der Waals surface area (Å²) in [5, 5.41) is 6.03. The highest BCUT2D eigenvalue weighted by Gasteiger charge is 2.24. The van der Waals surface area contributed by atoms with Crippen molar-refractivity contribution in [3.05, 3.63) is 58.7 Å². The number of aryl methyl sites for hydroxylation is 1. The van der Waals surface area contributed by atoms with Crippen LogP contribution in [0.25, 0.3) is 0 Å². The Morgan fingerprint density at radius 2 is 1.81 bits per heavy atom. The lowest BCUT2D eigenvalue weighted by Crippen LogP contribution is -2.29. The minimum absolute atomic E-state index is 0.191. The zero-order valence-electron chi connectivity index (χ0n) is 21.9. The molecule has 0 atom stereocenters. The largest absolute Gasteiger partial charge is 0.495 e. The molecule has 198 valence electrons. The van der Waals surface area contributed by atoms with E-state index in [2.05, 4.69) is 51.6 Å². The van der Waals surface area contributed by atoms with E-state index >= 15 is 0 Å². The Hall–Kier alpha value is -2.88. The highest BCUT2D eigenvalue weighted by Crippen LogP contribution is 2.37. The van der Waals surface area contributed by atoms with E-state index < -0.39 is 15.1 Å². The van der Waals surface area contributed by atoms with Gasteiger partial charge in [-0.2, -0.15) is 4.98 Å². The van der Waals surface area contributed by atoms with E-state index in [-0.39, 0.29) is 9.92 Å². The topological polar surface area (TPSA) is 96.5 Å². The summed E-state index contributed by atoms with van der Waals surface area (Å²) in [4.78, 5) is 11.4. The summed E-state index contributed by atoms with van der Waals surface area (Å²) in [6.07, 6.45) is 3.72. The van der Waals surface area contributed by atoms with Gasteiger partial charge in [-0.1, -0.05) is 23.7 Å². The third-order valence-corrected chi connectivity index (χ3v) is 9.29. The normalized spacial score (nSPS) is 15.1. The summed E-state index contributed by atoms with van der Waals surface area (Å²) < 4.78 is 31.4. The first-order chi connectivity index (χ1) is 17.6. The number of benzene rings is 2. The van der Waals surface area contributed by atoms with Crippen molar-refractivity contribution in [2.24, 2.45) is 0 Å². The van der Waals surface area contributed by atoms with Crippen LogP contribution in [0.5, 0.6) is 5.75 Å². The number of hydrogen-bond donors (Lipinski definition) is 2. The molecule has 1 aromatic heterocycles. The van der Waals surface area contributed by atoms with E-state index in [0.717, 1.165) is 31.6 Å². The Kier molecular flexibility index (Phi) is 8.26. The molecule has 0 unspecified atom stereocenters. The van der Waals surface area contributed by atoms with E-state index in [4.69, 9.17) is 16.3 Å². The van der Waals surface area contributed by atoms with Gasteiger partial charge in [0.1, 0.15) is 10.8 Å². The van der Waals surface area contributed by atoms with Gasteiger partial charge in [0, 0.05) is 0 Å². The summed E-state index contributed by atoms with van der Waals surface area (Å²) >= 11 is 6.39. The van der Waals surface area contributed by atoms with E-state index in [0.29, 0.717) is 29.1 Å². The number of piperidine rings is 1. The molecule has 37 heavy (non-hydrogen) atoms. The Bertz CT molecular complexity index is 1370. The van der Waals surface area contributed by atoms with Crippen LogP contribution < -0.4 is 15.4 Å². The molecule has 1 aliphatic heterocycles. The zero-order chi connectivity index (χ0) is 26.7. The standard InChI is InChI=1S/C27H34ClN5O3S/c1-17(2)37(34,35)25-9-7-6-8-22(25)30-26-21(28)16-29-27(32-26)31-23-14-18(3)20(15-24(23)36-5)19-10-12-33(4)13-11-19/h6-9,14-17,19H,10-13H2,1-5H3,(H2,29,30,31,32). The molecular formula is C27H34ClN5O3S. The van der Waals surface area contributed by atoms with Crippen molar-refractivity contribution in [1.82, 2.24) is 14.9 Å². The summed E-state index contributed by atoms with van der Waals surface area (Å²) in [5.74, 6) is 1.81. The zero-order valence-corrected chi connectivity index (χ0v) is 23.4. The van der Waals surface area contributed by atoms with Crippen molar-refractivity contribution in [3.8, 4) is 5.75 Å². The third-order valence-electron chi connectivity index (χ3n) is 6.80. The van der Waals surface area contributed by atoms with Gasteiger partial charge in [-0.05, 0) is 95.1 Å². The van der Waals surface area contributed by atoms with Gasteiger partial charge in [0.15, 0.2) is 15.7 Å². The van der Waals surface area contributed by atoms with Crippen LogP contribution in [0.3, 0.4) is 0 Å². The minimum atomic E-state index is -3.51. The van der Waals surface area contributed by atoms with Crippen LogP contribution in [0.2, 0.25) is 5.02 Å². The third kappa shape index (κ3) is 6.00. The quantitative estimate of drug-likeness (QED) is 0.361. The van der Waals surface area contributed by atoms with Crippen molar-refractivity contribution in [1.29, 1.82) is 0 Å². The molecule has 1 fully saturated rings. The van der Waals surface area contributed by atoms with Crippen LogP contribution in [-0.4, -0.2) is 55.8 Å². The first-order valence-corrected chi connectivity index (χ1v) is 14.3. The first kappa shape index (κ1) is 27.2. The Morgan fingerprint density at radius 3 is 2.49 bits per heavy atom. The maximum atomic E-state index is 12.9. The number of aromatic nitrogens is 2. The number of para-hydroxylation sites is 1. The van der Waals surface area contributed by atoms with E-state index in [1.807, 2.05) is 0 Å². The van der Waals surface area contributed by atoms with Gasteiger partial charge in [-0.15, -0.1) is 0 Å². The van der Waals surface area contributed by atoms with Crippen molar-refractivity contribution in [3.63, 3.8) is 0 Å². The summed E-state index contributed by atoms with van der Waals surface area (Å²) in [6, 6.07) is 10.9. The summed E-state index contributed by atoms with van der Waals surface area (Å²) in [5.41, 5.74) is 3.63.